The van der Waals surface area contributed by atoms with Crippen LogP contribution in [0.2, 0.25) is 0 Å². The van der Waals surface area contributed by atoms with Gasteiger partial charge in [0.1, 0.15) is 17.3 Å². The van der Waals surface area contributed by atoms with Crippen LogP contribution in [0.4, 0.5) is 0 Å². The fraction of sp³-hybridized carbons (Fsp3) is 0.257. The molecule has 7 heteroatoms. The van der Waals surface area contributed by atoms with Crippen molar-refractivity contribution < 1.29 is 9.53 Å². The molecule has 0 saturated heterocycles. The quantitative estimate of drug-likeness (QED) is 0.136. The lowest BCUT2D eigenvalue weighted by molar-refractivity contribution is 0.0917. The molecule has 5 aromatic rings. The summed E-state index contributed by atoms with van der Waals surface area (Å²) in [4.78, 5) is 13.7. The van der Waals surface area contributed by atoms with E-state index in [4.69, 9.17) is 21.6 Å². The molecule has 4 aromatic carbocycles. The van der Waals surface area contributed by atoms with Crippen LogP contribution >= 0.6 is 0 Å². The fourth-order valence-electron chi connectivity index (χ4n) is 5.98. The number of fused-ring (bicyclic) bond motifs is 2. The van der Waals surface area contributed by atoms with E-state index in [2.05, 4.69) is 41.7 Å². The second kappa shape index (κ2) is 12.1. The number of amides is 1. The van der Waals surface area contributed by atoms with Gasteiger partial charge < -0.3 is 26.1 Å². The molecule has 0 spiro atoms. The molecule has 42 heavy (non-hydrogen) atoms. The maximum Gasteiger partial charge on any atom is 0.268 e. The van der Waals surface area contributed by atoms with Crippen molar-refractivity contribution in [3.8, 4) is 5.75 Å². The normalized spacial score (nSPS) is 16.9. The molecule has 1 saturated carbocycles. The van der Waals surface area contributed by atoms with Crippen molar-refractivity contribution >= 4 is 33.4 Å². The molecule has 0 aliphatic heterocycles. The summed E-state index contributed by atoms with van der Waals surface area (Å²) in [5.74, 6) is 0.689. The minimum atomic E-state index is -0.101. The Balaban J connectivity index is 1.36. The second-order valence-electron chi connectivity index (χ2n) is 11.3. The number of carbonyl (C=O) groups is 1. The maximum atomic E-state index is 13.7. The zero-order chi connectivity index (χ0) is 29.1. The first-order valence-corrected chi connectivity index (χ1v) is 14.7. The van der Waals surface area contributed by atoms with Gasteiger partial charge in [0.25, 0.3) is 5.91 Å². The first-order chi connectivity index (χ1) is 20.4. The molecule has 1 aromatic heterocycles. The molecule has 0 bridgehead atoms. The number of ether oxygens (including phenoxy) is 1. The molecule has 1 amide bonds. The Morgan fingerprint density at radius 1 is 0.905 bits per heavy atom. The predicted molar refractivity (Wildman–Crippen MR) is 169 cm³/mol. The number of nitrogens with two attached hydrogens (primary N) is 2. The van der Waals surface area contributed by atoms with Crippen LogP contribution in [-0.4, -0.2) is 35.0 Å². The lowest BCUT2D eigenvalue weighted by Crippen LogP contribution is -2.41. The van der Waals surface area contributed by atoms with Crippen molar-refractivity contribution in [3.63, 3.8) is 0 Å². The van der Waals surface area contributed by atoms with Gasteiger partial charge in [0.05, 0.1) is 6.61 Å². The first kappa shape index (κ1) is 27.5. The van der Waals surface area contributed by atoms with Gasteiger partial charge in [0.15, 0.2) is 0 Å². The molecule has 0 atom stereocenters. The van der Waals surface area contributed by atoms with E-state index >= 15 is 0 Å². The third-order valence-electron chi connectivity index (χ3n) is 8.31. The van der Waals surface area contributed by atoms with Gasteiger partial charge in [-0.15, -0.1) is 0 Å². The molecule has 0 unspecified atom stereocenters. The molecule has 214 valence electrons. The van der Waals surface area contributed by atoms with E-state index in [0.29, 0.717) is 24.4 Å². The second-order valence-corrected chi connectivity index (χ2v) is 11.3. The van der Waals surface area contributed by atoms with Gasteiger partial charge in [0.2, 0.25) is 0 Å². The number of hydrogen-bond acceptors (Lipinski definition) is 4. The van der Waals surface area contributed by atoms with Crippen LogP contribution < -0.4 is 21.5 Å². The lowest BCUT2D eigenvalue weighted by Gasteiger charge is -2.27. The number of benzene rings is 4. The Hall–Kier alpha value is -4.62. The van der Waals surface area contributed by atoms with E-state index < -0.39 is 0 Å². The summed E-state index contributed by atoms with van der Waals surface area (Å²) in [7, 11) is 0. The standard InChI is InChI=1S/C35H37N5O2/c36-28-12-14-29(15-13-28)39-35(41)33-20-25-10-11-26(34(37)38)21-32(25)40(33)22-27-19-30(18-24-8-4-5-9-31(24)27)42-17-16-23-6-2-1-3-7-23/h1-11,18-21,28-29H,12-17,22,36H2,(H3,37,38)(H,39,41)/t28-,29-. The van der Waals surface area contributed by atoms with Crippen molar-refractivity contribution in [1.82, 2.24) is 9.88 Å². The minimum Gasteiger partial charge on any atom is -0.493 e. The minimum absolute atomic E-state index is 0.00606. The van der Waals surface area contributed by atoms with Gasteiger partial charge in [-0.05, 0) is 71.8 Å². The highest BCUT2D eigenvalue weighted by Crippen LogP contribution is 2.30. The number of hydrogen-bond donors (Lipinski definition) is 4. The van der Waals surface area contributed by atoms with Crippen LogP contribution in [0.15, 0.2) is 91.0 Å². The Kier molecular flexibility index (Phi) is 7.93. The highest BCUT2D eigenvalue weighted by atomic mass is 16.5. The SMILES string of the molecule is N=C(N)c1ccc2cc(C(=O)N[C@H]3CC[C@H](N)CC3)n(Cc3cc(OCCc4ccccc4)cc4ccccc34)c2c1. The monoisotopic (exact) mass is 559 g/mol. The van der Waals surface area contributed by atoms with Gasteiger partial charge in [-0.3, -0.25) is 10.2 Å². The molecule has 1 fully saturated rings. The number of amidine groups is 1. The average molecular weight is 560 g/mol. The number of rotatable bonds is 9. The van der Waals surface area contributed by atoms with Gasteiger partial charge in [-0.25, -0.2) is 0 Å². The Morgan fingerprint density at radius 2 is 1.67 bits per heavy atom. The van der Waals surface area contributed by atoms with Crippen molar-refractivity contribution in [2.75, 3.05) is 6.61 Å². The molecule has 7 nitrogen and oxygen atoms in total. The highest BCUT2D eigenvalue weighted by Gasteiger charge is 2.23. The molecule has 0 radical (unpaired) electrons. The van der Waals surface area contributed by atoms with Gasteiger partial charge in [0, 0.05) is 41.5 Å². The number of nitrogens with one attached hydrogen (secondary N) is 2. The molecule has 1 aliphatic carbocycles. The van der Waals surface area contributed by atoms with E-state index in [9.17, 15) is 4.79 Å². The van der Waals surface area contributed by atoms with E-state index in [1.807, 2.05) is 59.2 Å². The zero-order valence-electron chi connectivity index (χ0n) is 23.7. The number of aromatic nitrogens is 1. The maximum absolute atomic E-state index is 13.7. The topological polar surface area (TPSA) is 119 Å². The summed E-state index contributed by atoms with van der Waals surface area (Å²) in [6.45, 7) is 1.02. The summed E-state index contributed by atoms with van der Waals surface area (Å²) in [6.07, 6.45) is 4.41. The number of carbonyl (C=O) groups excluding carboxylic acids is 1. The molecule has 6 rings (SSSR count). The van der Waals surface area contributed by atoms with E-state index in [-0.39, 0.29) is 23.8 Å². The smallest absolute Gasteiger partial charge is 0.268 e. The molecular weight excluding hydrogens is 522 g/mol. The van der Waals surface area contributed by atoms with Crippen LogP contribution in [0.3, 0.4) is 0 Å². The summed E-state index contributed by atoms with van der Waals surface area (Å²) >= 11 is 0. The Morgan fingerprint density at radius 3 is 2.45 bits per heavy atom. The zero-order valence-corrected chi connectivity index (χ0v) is 23.7. The largest absolute Gasteiger partial charge is 0.493 e. The molecule has 1 aliphatic rings. The Bertz CT molecular complexity index is 1740. The molecule has 1 heterocycles. The summed E-state index contributed by atoms with van der Waals surface area (Å²) < 4.78 is 8.30. The summed E-state index contributed by atoms with van der Waals surface area (Å²) in [5, 5.41) is 14.4. The van der Waals surface area contributed by atoms with Crippen LogP contribution in [-0.2, 0) is 13.0 Å². The predicted octanol–water partition coefficient (Wildman–Crippen LogP) is 5.75. The van der Waals surface area contributed by atoms with Gasteiger partial charge >= 0.3 is 0 Å². The first-order valence-electron chi connectivity index (χ1n) is 14.7. The van der Waals surface area contributed by atoms with Crippen molar-refractivity contribution in [2.45, 2.75) is 50.7 Å². The van der Waals surface area contributed by atoms with Gasteiger partial charge in [-0.1, -0.05) is 66.7 Å². The van der Waals surface area contributed by atoms with E-state index in [1.54, 1.807) is 0 Å². The highest BCUT2D eigenvalue weighted by molar-refractivity contribution is 6.02. The third kappa shape index (κ3) is 6.02. The molecule has 6 N–H and O–H groups in total. The molecular formula is C35H37N5O2. The fourth-order valence-corrected chi connectivity index (χ4v) is 5.98. The van der Waals surface area contributed by atoms with Crippen LogP contribution in [0.5, 0.6) is 5.75 Å². The summed E-state index contributed by atoms with van der Waals surface area (Å²) in [5.41, 5.74) is 16.3. The Labute approximate surface area is 246 Å². The third-order valence-corrected chi connectivity index (χ3v) is 8.31. The van der Waals surface area contributed by atoms with Crippen LogP contribution in [0.25, 0.3) is 21.7 Å². The van der Waals surface area contributed by atoms with Crippen LogP contribution in [0, 0.1) is 5.41 Å². The van der Waals surface area contributed by atoms with Crippen LogP contribution in [0.1, 0.15) is 52.9 Å². The van der Waals surface area contributed by atoms with Crippen molar-refractivity contribution in [2.24, 2.45) is 11.5 Å². The van der Waals surface area contributed by atoms with Crippen molar-refractivity contribution in [3.05, 3.63) is 113 Å². The average Bonchev–Trinajstić information content (AvgIpc) is 3.36. The number of nitrogens with zero attached hydrogens (tertiary/aromatic N) is 1. The van der Waals surface area contributed by atoms with Gasteiger partial charge in [-0.2, -0.15) is 0 Å². The number of nitrogen functional groups attached to an aromatic ring is 1. The van der Waals surface area contributed by atoms with E-state index in [0.717, 1.165) is 65.1 Å². The summed E-state index contributed by atoms with van der Waals surface area (Å²) in [6, 6.07) is 30.6. The van der Waals surface area contributed by atoms with E-state index in [1.165, 1.54) is 5.56 Å². The van der Waals surface area contributed by atoms with Crippen molar-refractivity contribution in [1.29, 1.82) is 5.41 Å². The lowest BCUT2D eigenvalue weighted by atomic mass is 9.92.